The number of hydrogen-bond acceptors (Lipinski definition) is 2. The molecular weight excluding hydrogens is 188 g/mol. The van der Waals surface area contributed by atoms with Crippen LogP contribution in [0.5, 0.6) is 5.75 Å². The van der Waals surface area contributed by atoms with Gasteiger partial charge in [-0.1, -0.05) is 20.8 Å². The van der Waals surface area contributed by atoms with Crippen LogP contribution >= 0.6 is 0 Å². The first-order valence-corrected chi connectivity index (χ1v) is 5.29. The highest BCUT2D eigenvalue weighted by Crippen LogP contribution is 2.28. The van der Waals surface area contributed by atoms with Gasteiger partial charge in [-0.05, 0) is 23.8 Å². The van der Waals surface area contributed by atoms with E-state index >= 15 is 0 Å². The molecule has 0 saturated heterocycles. The van der Waals surface area contributed by atoms with E-state index in [-0.39, 0.29) is 11.2 Å². The number of benzene rings is 1. The van der Waals surface area contributed by atoms with Crippen molar-refractivity contribution >= 4 is 5.78 Å². The van der Waals surface area contributed by atoms with Crippen molar-refractivity contribution in [2.24, 2.45) is 5.41 Å². The number of fused-ring (bicyclic) bond motifs is 1. The van der Waals surface area contributed by atoms with Gasteiger partial charge in [-0.3, -0.25) is 4.79 Å². The van der Waals surface area contributed by atoms with Gasteiger partial charge in [0, 0.05) is 17.4 Å². The molecule has 1 aliphatic rings. The van der Waals surface area contributed by atoms with Gasteiger partial charge in [0.1, 0.15) is 5.75 Å². The van der Waals surface area contributed by atoms with Crippen LogP contribution in [0.1, 0.15) is 36.7 Å². The maximum absolute atomic E-state index is 12.0. The van der Waals surface area contributed by atoms with Crippen molar-refractivity contribution in [1.29, 1.82) is 0 Å². The van der Waals surface area contributed by atoms with Gasteiger partial charge in [0.15, 0.2) is 5.78 Å². The predicted molar refractivity (Wildman–Crippen MR) is 59.4 cm³/mol. The Kier molecular flexibility index (Phi) is 2.29. The third kappa shape index (κ3) is 1.89. The van der Waals surface area contributed by atoms with Crippen LogP contribution in [0.4, 0.5) is 0 Å². The molecule has 1 aliphatic heterocycles. The first-order chi connectivity index (χ1) is 6.98. The third-order valence-electron chi connectivity index (χ3n) is 2.63. The van der Waals surface area contributed by atoms with Crippen molar-refractivity contribution in [3.63, 3.8) is 0 Å². The normalized spacial score (nSPS) is 14.6. The number of rotatable bonds is 1. The van der Waals surface area contributed by atoms with E-state index in [1.54, 1.807) is 0 Å². The molecule has 0 unspecified atom stereocenters. The van der Waals surface area contributed by atoms with Crippen LogP contribution in [0.2, 0.25) is 0 Å². The maximum Gasteiger partial charge on any atom is 0.168 e. The van der Waals surface area contributed by atoms with E-state index < -0.39 is 0 Å². The van der Waals surface area contributed by atoms with Crippen molar-refractivity contribution < 1.29 is 9.53 Å². The van der Waals surface area contributed by atoms with E-state index in [9.17, 15) is 4.79 Å². The molecule has 1 heterocycles. The molecule has 0 amide bonds. The van der Waals surface area contributed by atoms with E-state index in [0.717, 1.165) is 29.9 Å². The Morgan fingerprint density at radius 2 is 2.07 bits per heavy atom. The standard InChI is InChI=1S/C13H16O2/c1-13(2,3)12(14)10-4-5-11-9(8-10)6-7-15-11/h4-5,8H,6-7H2,1-3H3. The monoisotopic (exact) mass is 204 g/mol. The quantitative estimate of drug-likeness (QED) is 0.657. The summed E-state index contributed by atoms with van der Waals surface area (Å²) in [6.07, 6.45) is 0.917. The second-order valence-electron chi connectivity index (χ2n) is 5.00. The number of ether oxygens (including phenoxy) is 1. The minimum absolute atomic E-state index is 0.192. The van der Waals surface area contributed by atoms with Gasteiger partial charge < -0.3 is 4.74 Å². The summed E-state index contributed by atoms with van der Waals surface area (Å²) in [6, 6.07) is 5.73. The van der Waals surface area contributed by atoms with Gasteiger partial charge in [-0.2, -0.15) is 0 Å². The summed E-state index contributed by atoms with van der Waals surface area (Å²) in [5.74, 6) is 1.12. The molecule has 0 aromatic heterocycles. The Hall–Kier alpha value is -1.31. The van der Waals surface area contributed by atoms with Gasteiger partial charge in [-0.15, -0.1) is 0 Å². The lowest BCUT2D eigenvalue weighted by Crippen LogP contribution is -2.20. The highest BCUT2D eigenvalue weighted by Gasteiger charge is 2.24. The molecule has 0 N–H and O–H groups in total. The lowest BCUT2D eigenvalue weighted by atomic mass is 9.86. The molecule has 2 heteroatoms. The minimum Gasteiger partial charge on any atom is -0.493 e. The number of ketones is 1. The predicted octanol–water partition coefficient (Wildman–Crippen LogP) is 2.85. The Balaban J connectivity index is 2.35. The summed E-state index contributed by atoms with van der Waals surface area (Å²) < 4.78 is 5.41. The average Bonchev–Trinajstić information content (AvgIpc) is 2.61. The summed E-state index contributed by atoms with van der Waals surface area (Å²) in [6.45, 7) is 6.57. The first kappa shape index (κ1) is 10.2. The maximum atomic E-state index is 12.0. The molecular formula is C13H16O2. The molecule has 1 aromatic rings. The van der Waals surface area contributed by atoms with Crippen LogP contribution in [-0.2, 0) is 6.42 Å². The summed E-state index contributed by atoms with van der Waals surface area (Å²) >= 11 is 0. The molecule has 0 saturated carbocycles. The molecule has 0 spiro atoms. The zero-order valence-corrected chi connectivity index (χ0v) is 9.46. The summed E-state index contributed by atoms with van der Waals surface area (Å²) in [7, 11) is 0. The Morgan fingerprint density at radius 1 is 1.33 bits per heavy atom. The summed E-state index contributed by atoms with van der Waals surface area (Å²) in [5.41, 5.74) is 1.64. The molecule has 15 heavy (non-hydrogen) atoms. The van der Waals surface area contributed by atoms with Crippen molar-refractivity contribution in [3.8, 4) is 5.75 Å². The van der Waals surface area contributed by atoms with Crippen molar-refractivity contribution in [2.75, 3.05) is 6.61 Å². The Labute approximate surface area is 90.3 Å². The van der Waals surface area contributed by atoms with Crippen molar-refractivity contribution in [1.82, 2.24) is 0 Å². The van der Waals surface area contributed by atoms with Gasteiger partial charge in [-0.25, -0.2) is 0 Å². The molecule has 0 atom stereocenters. The summed E-state index contributed by atoms with van der Waals surface area (Å²) in [4.78, 5) is 12.0. The second kappa shape index (κ2) is 3.37. The molecule has 0 bridgehead atoms. The number of carbonyl (C=O) groups excluding carboxylic acids is 1. The molecule has 0 aliphatic carbocycles. The molecule has 0 radical (unpaired) electrons. The van der Waals surface area contributed by atoms with E-state index in [2.05, 4.69) is 0 Å². The SMILES string of the molecule is CC(C)(C)C(=O)c1ccc2c(c1)CCO2. The summed E-state index contributed by atoms with van der Waals surface area (Å²) in [5, 5.41) is 0. The zero-order valence-electron chi connectivity index (χ0n) is 9.46. The molecule has 1 aromatic carbocycles. The fourth-order valence-corrected chi connectivity index (χ4v) is 1.76. The van der Waals surface area contributed by atoms with Gasteiger partial charge in [0.05, 0.1) is 6.61 Å². The zero-order chi connectivity index (χ0) is 11.1. The van der Waals surface area contributed by atoms with E-state index in [4.69, 9.17) is 4.74 Å². The lowest BCUT2D eigenvalue weighted by Gasteiger charge is -2.16. The third-order valence-corrected chi connectivity index (χ3v) is 2.63. The smallest absolute Gasteiger partial charge is 0.168 e. The van der Waals surface area contributed by atoms with E-state index in [0.29, 0.717) is 0 Å². The van der Waals surface area contributed by atoms with Gasteiger partial charge in [0.25, 0.3) is 0 Å². The topological polar surface area (TPSA) is 26.3 Å². The van der Waals surface area contributed by atoms with E-state index in [1.165, 1.54) is 0 Å². The van der Waals surface area contributed by atoms with Crippen molar-refractivity contribution in [3.05, 3.63) is 29.3 Å². The van der Waals surface area contributed by atoms with Crippen LogP contribution in [0.3, 0.4) is 0 Å². The fourth-order valence-electron chi connectivity index (χ4n) is 1.76. The number of hydrogen-bond donors (Lipinski definition) is 0. The fraction of sp³-hybridized carbons (Fsp3) is 0.462. The molecule has 0 fully saturated rings. The highest BCUT2D eigenvalue weighted by molar-refractivity contribution is 6.00. The molecule has 2 rings (SSSR count). The van der Waals surface area contributed by atoms with Gasteiger partial charge >= 0.3 is 0 Å². The molecule has 2 nitrogen and oxygen atoms in total. The van der Waals surface area contributed by atoms with E-state index in [1.807, 2.05) is 39.0 Å². The van der Waals surface area contributed by atoms with Crippen LogP contribution in [-0.4, -0.2) is 12.4 Å². The van der Waals surface area contributed by atoms with Crippen LogP contribution in [0.15, 0.2) is 18.2 Å². The minimum atomic E-state index is -0.312. The average molecular weight is 204 g/mol. The number of Topliss-reactive ketones (excluding diaryl/α,β-unsaturated/α-hetero) is 1. The van der Waals surface area contributed by atoms with Gasteiger partial charge in [0.2, 0.25) is 0 Å². The lowest BCUT2D eigenvalue weighted by molar-refractivity contribution is 0.0858. The highest BCUT2D eigenvalue weighted by atomic mass is 16.5. The molecule has 80 valence electrons. The first-order valence-electron chi connectivity index (χ1n) is 5.29. The van der Waals surface area contributed by atoms with Crippen LogP contribution in [0.25, 0.3) is 0 Å². The largest absolute Gasteiger partial charge is 0.493 e. The van der Waals surface area contributed by atoms with Crippen LogP contribution < -0.4 is 4.74 Å². The Morgan fingerprint density at radius 3 is 2.73 bits per heavy atom. The second-order valence-corrected chi connectivity index (χ2v) is 5.00. The van der Waals surface area contributed by atoms with Crippen molar-refractivity contribution in [2.45, 2.75) is 27.2 Å². The van der Waals surface area contributed by atoms with Crippen LogP contribution in [0, 0.1) is 5.41 Å². The Bertz CT molecular complexity index is 399. The number of carbonyl (C=O) groups is 1.